The Morgan fingerprint density at radius 3 is 1.76 bits per heavy atom. The number of aliphatic hydroxyl groups is 1. The van der Waals surface area contributed by atoms with Crippen molar-refractivity contribution in [3.8, 4) is 0 Å². The van der Waals surface area contributed by atoms with Crippen molar-refractivity contribution in [2.75, 3.05) is 33.0 Å². The molecule has 2 aliphatic rings. The van der Waals surface area contributed by atoms with Gasteiger partial charge in [-0.25, -0.2) is 19.2 Å². The Morgan fingerprint density at radius 1 is 1.04 bits per heavy atom. The van der Waals surface area contributed by atoms with Gasteiger partial charge in [-0.15, -0.1) is 0 Å². The third-order valence-corrected chi connectivity index (χ3v) is 3.83. The van der Waals surface area contributed by atoms with E-state index in [0.717, 1.165) is 0 Å². The molecule has 2 heterocycles. The maximum absolute atomic E-state index is 11.8. The quantitative estimate of drug-likeness (QED) is 0.442. The molecule has 25 heavy (non-hydrogen) atoms. The van der Waals surface area contributed by atoms with Crippen LogP contribution in [0.25, 0.3) is 0 Å². The highest BCUT2D eigenvalue weighted by Gasteiger charge is 2.38. The SMILES string of the molecule is CCC(CO)(COC(=O)C1COC(=O)O1)COC(=O)[C@H]1COC(=O)O1. The van der Waals surface area contributed by atoms with Crippen LogP contribution < -0.4 is 0 Å². The summed E-state index contributed by atoms with van der Waals surface area (Å²) in [5, 5.41) is 9.61. The minimum absolute atomic E-state index is 0.252. The number of carbonyl (C=O) groups is 4. The van der Waals surface area contributed by atoms with Crippen molar-refractivity contribution in [1.29, 1.82) is 0 Å². The van der Waals surface area contributed by atoms with E-state index in [1.807, 2.05) is 0 Å². The van der Waals surface area contributed by atoms with Crippen LogP contribution in [0.4, 0.5) is 9.59 Å². The van der Waals surface area contributed by atoms with Crippen LogP contribution in [-0.2, 0) is 38.0 Å². The second-order valence-electron chi connectivity index (χ2n) is 5.56. The molecule has 0 amide bonds. The van der Waals surface area contributed by atoms with Gasteiger partial charge in [0.15, 0.2) is 0 Å². The summed E-state index contributed by atoms with van der Waals surface area (Å²) >= 11 is 0. The van der Waals surface area contributed by atoms with Crippen LogP contribution in [0.1, 0.15) is 13.3 Å². The summed E-state index contributed by atoms with van der Waals surface area (Å²) in [7, 11) is 0. The van der Waals surface area contributed by atoms with E-state index >= 15 is 0 Å². The van der Waals surface area contributed by atoms with Crippen molar-refractivity contribution in [1.82, 2.24) is 0 Å². The molecule has 2 rings (SSSR count). The first-order valence-corrected chi connectivity index (χ1v) is 7.50. The smallest absolute Gasteiger partial charge is 0.462 e. The topological polar surface area (TPSA) is 144 Å². The summed E-state index contributed by atoms with van der Waals surface area (Å²) in [5.41, 5.74) is -1.06. The lowest BCUT2D eigenvalue weighted by Crippen LogP contribution is -2.40. The van der Waals surface area contributed by atoms with E-state index in [1.54, 1.807) is 6.92 Å². The molecule has 0 aromatic heterocycles. The number of rotatable bonds is 8. The molecule has 11 nitrogen and oxygen atoms in total. The highest BCUT2D eigenvalue weighted by atomic mass is 16.8. The Morgan fingerprint density at radius 2 is 1.48 bits per heavy atom. The van der Waals surface area contributed by atoms with Gasteiger partial charge in [0.05, 0.1) is 12.0 Å². The summed E-state index contributed by atoms with van der Waals surface area (Å²) in [4.78, 5) is 45.2. The summed E-state index contributed by atoms with van der Waals surface area (Å²) in [6, 6.07) is 0. The fraction of sp³-hybridized carbons (Fsp3) is 0.714. The van der Waals surface area contributed by atoms with Gasteiger partial charge < -0.3 is 33.5 Å². The van der Waals surface area contributed by atoms with E-state index in [4.69, 9.17) is 9.47 Å². The third kappa shape index (κ3) is 4.72. The van der Waals surface area contributed by atoms with Crippen molar-refractivity contribution in [3.63, 3.8) is 0 Å². The molecule has 2 saturated heterocycles. The Balaban J connectivity index is 1.84. The lowest BCUT2D eigenvalue weighted by molar-refractivity contribution is -0.164. The normalized spacial score (nSPS) is 24.4. The molecule has 0 aliphatic carbocycles. The Labute approximate surface area is 142 Å². The van der Waals surface area contributed by atoms with E-state index in [1.165, 1.54) is 0 Å². The average Bonchev–Trinajstić information content (AvgIpc) is 3.23. The first-order chi connectivity index (χ1) is 11.9. The highest BCUT2D eigenvalue weighted by molar-refractivity contribution is 5.80. The first kappa shape index (κ1) is 18.8. The zero-order valence-corrected chi connectivity index (χ0v) is 13.4. The Hall–Kier alpha value is -2.56. The first-order valence-electron chi connectivity index (χ1n) is 7.50. The van der Waals surface area contributed by atoms with Gasteiger partial charge in [-0.3, -0.25) is 0 Å². The van der Waals surface area contributed by atoms with Gasteiger partial charge in [-0.05, 0) is 6.42 Å². The fourth-order valence-electron chi connectivity index (χ4n) is 1.97. The molecular formula is C14H18O11. The number of hydrogen-bond acceptors (Lipinski definition) is 11. The van der Waals surface area contributed by atoms with Gasteiger partial charge in [0.25, 0.3) is 0 Å². The molecule has 0 spiro atoms. The molecule has 0 radical (unpaired) electrons. The molecule has 0 saturated carbocycles. The van der Waals surface area contributed by atoms with Gasteiger partial charge in [0, 0.05) is 0 Å². The molecule has 3 atom stereocenters. The van der Waals surface area contributed by atoms with Crippen LogP contribution in [0.5, 0.6) is 0 Å². The average molecular weight is 362 g/mol. The van der Waals surface area contributed by atoms with Crippen molar-refractivity contribution in [2.24, 2.45) is 5.41 Å². The maximum Gasteiger partial charge on any atom is 0.509 e. The molecule has 1 N–H and O–H groups in total. The maximum atomic E-state index is 11.8. The van der Waals surface area contributed by atoms with Crippen LogP contribution in [-0.4, -0.2) is 74.6 Å². The van der Waals surface area contributed by atoms with E-state index in [-0.39, 0.29) is 26.4 Å². The van der Waals surface area contributed by atoms with E-state index in [0.29, 0.717) is 6.42 Å². The molecule has 0 aromatic rings. The predicted octanol–water partition coefficient (Wildman–Crippen LogP) is -0.468. The van der Waals surface area contributed by atoms with Crippen molar-refractivity contribution in [3.05, 3.63) is 0 Å². The molecule has 2 fully saturated rings. The van der Waals surface area contributed by atoms with Crippen LogP contribution in [0.3, 0.4) is 0 Å². The minimum atomic E-state index is -1.17. The summed E-state index contributed by atoms with van der Waals surface area (Å²) < 4.78 is 28.2. The van der Waals surface area contributed by atoms with Crippen molar-refractivity contribution < 1.29 is 52.7 Å². The van der Waals surface area contributed by atoms with Gasteiger partial charge in [0.1, 0.15) is 26.4 Å². The summed E-state index contributed by atoms with van der Waals surface area (Å²) in [6.07, 6.45) is -3.95. The molecule has 140 valence electrons. The van der Waals surface area contributed by atoms with Crippen LogP contribution in [0.2, 0.25) is 0 Å². The molecule has 0 aromatic carbocycles. The Bertz CT molecular complexity index is 495. The van der Waals surface area contributed by atoms with Crippen LogP contribution in [0.15, 0.2) is 0 Å². The number of esters is 2. The lowest BCUT2D eigenvalue weighted by atomic mass is 9.88. The van der Waals surface area contributed by atoms with Gasteiger partial charge in [-0.2, -0.15) is 0 Å². The standard InChI is InChI=1S/C14H18O11/c1-2-14(5-15,6-22-10(16)8-3-20-12(18)24-8)7-23-11(17)9-4-21-13(19)25-9/h8-9,15H,2-7H2,1H3/t8-,9?,14?/m1/s1. The van der Waals surface area contributed by atoms with E-state index < -0.39 is 48.5 Å². The summed E-state index contributed by atoms with van der Waals surface area (Å²) in [6.45, 7) is 0.208. The highest BCUT2D eigenvalue weighted by Crippen LogP contribution is 2.24. The molecule has 0 bridgehead atoms. The van der Waals surface area contributed by atoms with Crippen molar-refractivity contribution in [2.45, 2.75) is 25.6 Å². The van der Waals surface area contributed by atoms with Gasteiger partial charge >= 0.3 is 24.2 Å². The predicted molar refractivity (Wildman–Crippen MR) is 74.2 cm³/mol. The number of hydrogen-bond donors (Lipinski definition) is 1. The van der Waals surface area contributed by atoms with Crippen LogP contribution >= 0.6 is 0 Å². The number of cyclic esters (lactones) is 4. The fourth-order valence-corrected chi connectivity index (χ4v) is 1.97. The zero-order valence-electron chi connectivity index (χ0n) is 13.4. The third-order valence-electron chi connectivity index (χ3n) is 3.83. The van der Waals surface area contributed by atoms with E-state index in [9.17, 15) is 24.3 Å². The number of ether oxygens (including phenoxy) is 6. The lowest BCUT2D eigenvalue weighted by Gasteiger charge is -2.29. The molecule has 2 aliphatic heterocycles. The molecule has 2 unspecified atom stereocenters. The van der Waals surface area contributed by atoms with Gasteiger partial charge in [-0.1, -0.05) is 6.92 Å². The second-order valence-corrected chi connectivity index (χ2v) is 5.56. The number of aliphatic hydroxyl groups excluding tert-OH is 1. The van der Waals surface area contributed by atoms with E-state index in [2.05, 4.69) is 18.9 Å². The van der Waals surface area contributed by atoms with Crippen LogP contribution in [0, 0.1) is 5.41 Å². The van der Waals surface area contributed by atoms with Gasteiger partial charge in [0.2, 0.25) is 12.2 Å². The molecular weight excluding hydrogens is 344 g/mol. The zero-order chi connectivity index (χ0) is 18.4. The number of carbonyl (C=O) groups excluding carboxylic acids is 4. The minimum Gasteiger partial charge on any atom is -0.462 e. The van der Waals surface area contributed by atoms with Crippen molar-refractivity contribution >= 4 is 24.2 Å². The Kier molecular flexibility index (Phi) is 6.02. The second kappa shape index (κ2) is 8.01. The molecule has 11 heteroatoms. The largest absolute Gasteiger partial charge is 0.509 e. The summed E-state index contributed by atoms with van der Waals surface area (Å²) in [5.74, 6) is -1.66. The monoisotopic (exact) mass is 362 g/mol.